The second-order valence-corrected chi connectivity index (χ2v) is 9.59. The van der Waals surface area contributed by atoms with Crippen LogP contribution in [0.2, 0.25) is 0 Å². The first-order valence-electron chi connectivity index (χ1n) is 11.6. The standard InChI is InChI=1S/C26H29NO7/c1-26(2)18-13-19-20(33-23(18)17-8-5-9-21(31-3)24(17)34-26)10-11-27(19)25(30)15-6-4-7-16(12-15)32-14-22(28)29/h4-9,12,18-20,23H,10-11,13-14H2,1-3H3,(H,28,29)/t18-,19+,20-,23+/m1/s1. The van der Waals surface area contributed by atoms with Crippen LogP contribution in [0.4, 0.5) is 0 Å². The smallest absolute Gasteiger partial charge is 0.341 e. The minimum absolute atomic E-state index is 0.0620. The molecule has 2 aromatic rings. The number of methoxy groups -OCH3 is 1. The Morgan fingerprint density at radius 2 is 2.00 bits per heavy atom. The van der Waals surface area contributed by atoms with Crippen molar-refractivity contribution in [3.63, 3.8) is 0 Å². The summed E-state index contributed by atoms with van der Waals surface area (Å²) >= 11 is 0. The molecule has 3 aliphatic rings. The fourth-order valence-electron chi connectivity index (χ4n) is 5.52. The molecule has 5 rings (SSSR count). The number of hydrogen-bond donors (Lipinski definition) is 1. The number of para-hydroxylation sites is 1. The maximum atomic E-state index is 13.4. The molecule has 0 bridgehead atoms. The van der Waals surface area contributed by atoms with Gasteiger partial charge in [0.05, 0.1) is 25.4 Å². The molecule has 3 aliphatic heterocycles. The number of carboxylic acids is 1. The zero-order valence-corrected chi connectivity index (χ0v) is 19.5. The van der Waals surface area contributed by atoms with Gasteiger partial charge in [-0.05, 0) is 51.0 Å². The molecule has 2 fully saturated rings. The average molecular weight is 468 g/mol. The predicted molar refractivity (Wildman–Crippen MR) is 122 cm³/mol. The summed E-state index contributed by atoms with van der Waals surface area (Å²) in [6.07, 6.45) is 1.33. The van der Waals surface area contributed by atoms with Crippen LogP contribution in [-0.4, -0.2) is 59.9 Å². The molecule has 0 spiro atoms. The summed E-state index contributed by atoms with van der Waals surface area (Å²) in [4.78, 5) is 26.1. The van der Waals surface area contributed by atoms with Gasteiger partial charge in [-0.1, -0.05) is 18.2 Å². The highest BCUT2D eigenvalue weighted by Gasteiger charge is 2.54. The Balaban J connectivity index is 1.39. The van der Waals surface area contributed by atoms with Gasteiger partial charge in [0.15, 0.2) is 18.1 Å². The number of rotatable bonds is 5. The van der Waals surface area contributed by atoms with Gasteiger partial charge in [-0.15, -0.1) is 0 Å². The predicted octanol–water partition coefficient (Wildman–Crippen LogP) is 3.69. The molecule has 0 unspecified atom stereocenters. The Morgan fingerprint density at radius 3 is 2.76 bits per heavy atom. The molecule has 0 aliphatic carbocycles. The Labute approximate surface area is 198 Å². The van der Waals surface area contributed by atoms with Gasteiger partial charge in [-0.2, -0.15) is 0 Å². The molecule has 1 N–H and O–H groups in total. The maximum absolute atomic E-state index is 13.4. The first kappa shape index (κ1) is 22.5. The van der Waals surface area contributed by atoms with Crippen LogP contribution in [0.3, 0.4) is 0 Å². The monoisotopic (exact) mass is 467 g/mol. The molecule has 34 heavy (non-hydrogen) atoms. The summed E-state index contributed by atoms with van der Waals surface area (Å²) in [5.41, 5.74) is 0.967. The number of hydrogen-bond acceptors (Lipinski definition) is 6. The molecule has 1 amide bonds. The van der Waals surface area contributed by atoms with Crippen molar-refractivity contribution in [1.82, 2.24) is 4.90 Å². The second kappa shape index (κ2) is 8.51. The van der Waals surface area contributed by atoms with Crippen molar-refractivity contribution in [2.24, 2.45) is 5.92 Å². The van der Waals surface area contributed by atoms with Crippen LogP contribution in [0.5, 0.6) is 17.2 Å². The van der Waals surface area contributed by atoms with Gasteiger partial charge in [0, 0.05) is 23.6 Å². The first-order valence-corrected chi connectivity index (χ1v) is 11.6. The fraction of sp³-hybridized carbons (Fsp3) is 0.462. The number of carbonyl (C=O) groups excluding carboxylic acids is 1. The minimum atomic E-state index is -1.07. The highest BCUT2D eigenvalue weighted by molar-refractivity contribution is 5.95. The van der Waals surface area contributed by atoms with E-state index < -0.39 is 18.2 Å². The third kappa shape index (κ3) is 3.86. The molecule has 2 aromatic carbocycles. The average Bonchev–Trinajstić information content (AvgIpc) is 3.24. The van der Waals surface area contributed by atoms with Crippen LogP contribution in [0.25, 0.3) is 0 Å². The van der Waals surface area contributed by atoms with Crippen LogP contribution in [0, 0.1) is 5.92 Å². The van der Waals surface area contributed by atoms with Gasteiger partial charge in [-0.25, -0.2) is 4.79 Å². The lowest BCUT2D eigenvalue weighted by molar-refractivity contribution is -0.160. The van der Waals surface area contributed by atoms with Gasteiger partial charge in [0.25, 0.3) is 5.91 Å². The lowest BCUT2D eigenvalue weighted by atomic mass is 9.74. The summed E-state index contributed by atoms with van der Waals surface area (Å²) in [6, 6.07) is 12.5. The number of likely N-dealkylation sites (tertiary alicyclic amines) is 1. The van der Waals surface area contributed by atoms with E-state index in [1.54, 1.807) is 31.4 Å². The lowest BCUT2D eigenvalue weighted by Gasteiger charge is -2.50. The van der Waals surface area contributed by atoms with Crippen molar-refractivity contribution in [3.8, 4) is 17.2 Å². The number of benzene rings is 2. The van der Waals surface area contributed by atoms with Crippen LogP contribution in [0.15, 0.2) is 42.5 Å². The third-order valence-electron chi connectivity index (χ3n) is 7.16. The minimum Gasteiger partial charge on any atom is -0.493 e. The second-order valence-electron chi connectivity index (χ2n) is 9.59. The Bertz CT molecular complexity index is 1110. The van der Waals surface area contributed by atoms with Crippen LogP contribution >= 0.6 is 0 Å². The molecule has 3 heterocycles. The Morgan fingerprint density at radius 1 is 1.21 bits per heavy atom. The number of carboxylic acid groups (broad SMARTS) is 1. The van der Waals surface area contributed by atoms with Crippen molar-refractivity contribution in [2.45, 2.75) is 50.5 Å². The summed E-state index contributed by atoms with van der Waals surface area (Å²) in [7, 11) is 1.64. The van der Waals surface area contributed by atoms with E-state index in [1.807, 2.05) is 23.1 Å². The topological polar surface area (TPSA) is 94.5 Å². The summed E-state index contributed by atoms with van der Waals surface area (Å²) in [5, 5.41) is 8.85. The van der Waals surface area contributed by atoms with E-state index in [1.165, 1.54) is 0 Å². The summed E-state index contributed by atoms with van der Waals surface area (Å²) < 4.78 is 23.9. The van der Waals surface area contributed by atoms with Gasteiger partial charge in [0.1, 0.15) is 11.4 Å². The molecule has 8 heteroatoms. The molecular formula is C26H29NO7. The van der Waals surface area contributed by atoms with Crippen LogP contribution in [-0.2, 0) is 9.53 Å². The SMILES string of the molecule is COc1cccc2c1OC(C)(C)[C@@H]1C[C@H]3[C@@H](CCN3C(=O)c3cccc(OCC(=O)O)c3)O[C@@H]21. The number of ether oxygens (including phenoxy) is 4. The molecule has 2 saturated heterocycles. The zero-order valence-electron chi connectivity index (χ0n) is 19.5. The van der Waals surface area contributed by atoms with Crippen molar-refractivity contribution in [3.05, 3.63) is 53.6 Å². The van der Waals surface area contributed by atoms with Crippen molar-refractivity contribution >= 4 is 11.9 Å². The molecule has 0 aromatic heterocycles. The number of fused-ring (bicyclic) bond motifs is 4. The molecule has 8 nitrogen and oxygen atoms in total. The van der Waals surface area contributed by atoms with Crippen molar-refractivity contribution < 1.29 is 33.6 Å². The first-order chi connectivity index (χ1) is 16.3. The lowest BCUT2D eigenvalue weighted by Crippen LogP contribution is -2.54. The van der Waals surface area contributed by atoms with Crippen molar-refractivity contribution in [1.29, 1.82) is 0 Å². The normalized spacial score (nSPS) is 26.5. The van der Waals surface area contributed by atoms with Crippen LogP contribution < -0.4 is 14.2 Å². The summed E-state index contributed by atoms with van der Waals surface area (Å²) in [6.45, 7) is 4.27. The van der Waals surface area contributed by atoms with Gasteiger partial charge in [-0.3, -0.25) is 4.79 Å². The molecule has 4 atom stereocenters. The molecule has 0 saturated carbocycles. The Kier molecular flexibility index (Phi) is 5.64. The van der Waals surface area contributed by atoms with Gasteiger partial charge < -0.3 is 29.0 Å². The van der Waals surface area contributed by atoms with Crippen molar-refractivity contribution in [2.75, 3.05) is 20.3 Å². The van der Waals surface area contributed by atoms with Gasteiger partial charge in [0.2, 0.25) is 0 Å². The Hall–Kier alpha value is -3.26. The zero-order chi connectivity index (χ0) is 24.0. The molecule has 0 radical (unpaired) electrons. The fourth-order valence-corrected chi connectivity index (χ4v) is 5.52. The number of aliphatic carboxylic acids is 1. The summed E-state index contributed by atoms with van der Waals surface area (Å²) in [5.74, 6) is 0.682. The van der Waals surface area contributed by atoms with E-state index in [0.717, 1.165) is 24.2 Å². The largest absolute Gasteiger partial charge is 0.493 e. The number of nitrogens with zero attached hydrogens (tertiary/aromatic N) is 1. The van der Waals surface area contributed by atoms with E-state index in [9.17, 15) is 9.59 Å². The van der Waals surface area contributed by atoms with Gasteiger partial charge >= 0.3 is 5.97 Å². The van der Waals surface area contributed by atoms with Crippen LogP contribution in [0.1, 0.15) is 48.7 Å². The van der Waals surface area contributed by atoms with E-state index in [4.69, 9.17) is 24.1 Å². The highest BCUT2D eigenvalue weighted by atomic mass is 16.5. The molecule has 180 valence electrons. The van der Waals surface area contributed by atoms with E-state index >= 15 is 0 Å². The third-order valence-corrected chi connectivity index (χ3v) is 7.16. The van der Waals surface area contributed by atoms with E-state index in [-0.39, 0.29) is 30.1 Å². The quantitative estimate of drug-likeness (QED) is 0.717. The maximum Gasteiger partial charge on any atom is 0.341 e. The molecular weight excluding hydrogens is 438 g/mol. The van der Waals surface area contributed by atoms with E-state index in [0.29, 0.717) is 23.6 Å². The number of carbonyl (C=O) groups is 2. The highest BCUT2D eigenvalue weighted by Crippen LogP contribution is 2.54. The number of amides is 1. The van der Waals surface area contributed by atoms with E-state index in [2.05, 4.69) is 13.8 Å².